The van der Waals surface area contributed by atoms with Crippen LogP contribution in [0.25, 0.3) is 0 Å². The van der Waals surface area contributed by atoms with Crippen molar-refractivity contribution in [1.82, 2.24) is 9.97 Å². The average molecular weight is 280 g/mol. The van der Waals surface area contributed by atoms with E-state index < -0.39 is 0 Å². The smallest absolute Gasteiger partial charge is 0.119 e. The second-order valence-electron chi connectivity index (χ2n) is 5.25. The van der Waals surface area contributed by atoms with E-state index in [2.05, 4.69) is 41.2 Å². The van der Waals surface area contributed by atoms with E-state index in [1.165, 1.54) is 5.56 Å². The molecule has 3 heteroatoms. The average Bonchev–Trinajstić information content (AvgIpc) is 3.21. The van der Waals surface area contributed by atoms with Crippen LogP contribution in [0.15, 0.2) is 60.9 Å². The molecule has 0 aliphatic carbocycles. The minimum atomic E-state index is -0.238. The van der Waals surface area contributed by atoms with Crippen molar-refractivity contribution in [3.05, 3.63) is 77.9 Å². The third-order valence-corrected chi connectivity index (χ3v) is 4.02. The monoisotopic (exact) mass is 280 g/mol. The van der Waals surface area contributed by atoms with Crippen LogP contribution in [0.1, 0.15) is 30.8 Å². The van der Waals surface area contributed by atoms with Crippen molar-refractivity contribution in [2.75, 3.05) is 6.61 Å². The molecule has 0 aliphatic rings. The summed E-state index contributed by atoms with van der Waals surface area (Å²) in [5.41, 5.74) is 3.30. The molecule has 0 spiro atoms. The van der Waals surface area contributed by atoms with Gasteiger partial charge in [0, 0.05) is 23.8 Å². The second kappa shape index (κ2) is 5.52. The lowest BCUT2D eigenvalue weighted by molar-refractivity contribution is 0.340. The summed E-state index contributed by atoms with van der Waals surface area (Å²) < 4.78 is 5.54. The van der Waals surface area contributed by atoms with Crippen molar-refractivity contribution in [1.29, 1.82) is 0 Å². The van der Waals surface area contributed by atoms with Gasteiger partial charge in [0.15, 0.2) is 0 Å². The number of aromatic amines is 2. The van der Waals surface area contributed by atoms with Gasteiger partial charge in [0.05, 0.1) is 12.0 Å². The first kappa shape index (κ1) is 13.6. The van der Waals surface area contributed by atoms with Gasteiger partial charge >= 0.3 is 0 Å². The summed E-state index contributed by atoms with van der Waals surface area (Å²) in [7, 11) is 0. The third kappa shape index (κ3) is 2.35. The minimum absolute atomic E-state index is 0.238. The minimum Gasteiger partial charge on any atom is -0.494 e. The van der Waals surface area contributed by atoms with Gasteiger partial charge in [-0.15, -0.1) is 0 Å². The van der Waals surface area contributed by atoms with Gasteiger partial charge in [-0.3, -0.25) is 0 Å². The molecule has 0 aliphatic heterocycles. The molecule has 0 bridgehead atoms. The Morgan fingerprint density at radius 1 is 0.905 bits per heavy atom. The normalized spacial score (nSPS) is 11.5. The van der Waals surface area contributed by atoms with Gasteiger partial charge in [0.25, 0.3) is 0 Å². The van der Waals surface area contributed by atoms with E-state index in [4.69, 9.17) is 4.74 Å². The Bertz CT molecular complexity index is 632. The maximum absolute atomic E-state index is 5.54. The lowest BCUT2D eigenvalue weighted by Gasteiger charge is -2.29. The molecule has 0 saturated carbocycles. The summed E-state index contributed by atoms with van der Waals surface area (Å²) in [6.45, 7) is 4.90. The predicted octanol–water partition coefficient (Wildman–Crippen LogP) is 4.10. The van der Waals surface area contributed by atoms with Gasteiger partial charge in [-0.25, -0.2) is 0 Å². The maximum Gasteiger partial charge on any atom is 0.119 e. The van der Waals surface area contributed by atoms with Crippen LogP contribution >= 0.6 is 0 Å². The summed E-state index contributed by atoms with van der Waals surface area (Å²) in [6, 6.07) is 16.6. The van der Waals surface area contributed by atoms with Crippen LogP contribution in [0.2, 0.25) is 0 Å². The first-order valence-electron chi connectivity index (χ1n) is 7.26. The Balaban J connectivity index is 2.08. The Hall–Kier alpha value is -2.42. The van der Waals surface area contributed by atoms with E-state index in [1.807, 2.05) is 43.6 Å². The highest BCUT2D eigenvalue weighted by Crippen LogP contribution is 2.37. The molecule has 0 unspecified atom stereocenters. The molecule has 0 saturated heterocycles. The number of H-pyrrole nitrogens is 2. The SMILES string of the molecule is CCOc1ccc(C(C)(c2ccc[nH]2)c2ccc[nH]2)cc1. The van der Waals surface area contributed by atoms with E-state index in [-0.39, 0.29) is 5.41 Å². The molecule has 0 amide bonds. The first-order chi connectivity index (χ1) is 10.2. The van der Waals surface area contributed by atoms with E-state index in [1.54, 1.807) is 0 Å². The fourth-order valence-electron chi connectivity index (χ4n) is 2.79. The third-order valence-electron chi connectivity index (χ3n) is 4.02. The predicted molar refractivity (Wildman–Crippen MR) is 84.8 cm³/mol. The molecule has 1 aromatic carbocycles. The standard InChI is InChI=1S/C18H20N2O/c1-3-21-15-10-8-14(9-11-15)18(2,16-6-4-12-19-16)17-7-5-13-20-17/h4-13,19-20H,3H2,1-2H3. The fraction of sp³-hybridized carbons (Fsp3) is 0.222. The highest BCUT2D eigenvalue weighted by Gasteiger charge is 2.32. The summed E-state index contributed by atoms with van der Waals surface area (Å²) in [6.07, 6.45) is 3.93. The van der Waals surface area contributed by atoms with E-state index >= 15 is 0 Å². The highest BCUT2D eigenvalue weighted by atomic mass is 16.5. The molecular formula is C18H20N2O. The number of nitrogens with one attached hydrogen (secondary N) is 2. The van der Waals surface area contributed by atoms with Crippen molar-refractivity contribution < 1.29 is 4.74 Å². The van der Waals surface area contributed by atoms with Gasteiger partial charge in [-0.05, 0) is 55.8 Å². The summed E-state index contributed by atoms with van der Waals surface area (Å²) in [5.74, 6) is 0.904. The van der Waals surface area contributed by atoms with E-state index in [0.29, 0.717) is 6.61 Å². The van der Waals surface area contributed by atoms with Crippen molar-refractivity contribution >= 4 is 0 Å². The van der Waals surface area contributed by atoms with Gasteiger partial charge in [0.2, 0.25) is 0 Å². The maximum atomic E-state index is 5.54. The van der Waals surface area contributed by atoms with Crippen molar-refractivity contribution in [3.63, 3.8) is 0 Å². The van der Waals surface area contributed by atoms with E-state index in [0.717, 1.165) is 17.1 Å². The van der Waals surface area contributed by atoms with Gasteiger partial charge < -0.3 is 14.7 Å². The quantitative estimate of drug-likeness (QED) is 0.726. The number of rotatable bonds is 5. The van der Waals surface area contributed by atoms with Crippen molar-refractivity contribution in [3.8, 4) is 5.75 Å². The molecular weight excluding hydrogens is 260 g/mol. The van der Waals surface area contributed by atoms with Crippen LogP contribution in [0.4, 0.5) is 0 Å². The van der Waals surface area contributed by atoms with Crippen LogP contribution in [-0.4, -0.2) is 16.6 Å². The Morgan fingerprint density at radius 3 is 1.90 bits per heavy atom. The molecule has 0 fully saturated rings. The lowest BCUT2D eigenvalue weighted by Crippen LogP contribution is -2.26. The summed E-state index contributed by atoms with van der Waals surface area (Å²) >= 11 is 0. The van der Waals surface area contributed by atoms with Crippen LogP contribution in [-0.2, 0) is 5.41 Å². The van der Waals surface area contributed by atoms with Crippen LogP contribution in [0, 0.1) is 0 Å². The van der Waals surface area contributed by atoms with Crippen LogP contribution in [0.5, 0.6) is 5.75 Å². The second-order valence-corrected chi connectivity index (χ2v) is 5.25. The number of benzene rings is 1. The number of ether oxygens (including phenoxy) is 1. The number of hydrogen-bond acceptors (Lipinski definition) is 1. The molecule has 3 nitrogen and oxygen atoms in total. The summed E-state index contributed by atoms with van der Waals surface area (Å²) in [5, 5.41) is 0. The Labute approximate surface area is 125 Å². The molecule has 2 heterocycles. The number of hydrogen-bond donors (Lipinski definition) is 2. The number of aromatic nitrogens is 2. The van der Waals surface area contributed by atoms with Crippen LogP contribution < -0.4 is 4.74 Å². The zero-order chi connectivity index (χ0) is 14.7. The van der Waals surface area contributed by atoms with Crippen molar-refractivity contribution in [2.24, 2.45) is 0 Å². The van der Waals surface area contributed by atoms with Crippen LogP contribution in [0.3, 0.4) is 0 Å². The molecule has 3 rings (SSSR count). The molecule has 2 N–H and O–H groups in total. The summed E-state index contributed by atoms with van der Waals surface area (Å²) in [4.78, 5) is 6.71. The largest absolute Gasteiger partial charge is 0.494 e. The van der Waals surface area contributed by atoms with Gasteiger partial charge in [-0.2, -0.15) is 0 Å². The molecule has 3 aromatic rings. The molecule has 2 aromatic heterocycles. The zero-order valence-corrected chi connectivity index (χ0v) is 12.4. The first-order valence-corrected chi connectivity index (χ1v) is 7.26. The lowest BCUT2D eigenvalue weighted by atomic mass is 9.77. The topological polar surface area (TPSA) is 40.8 Å². The molecule has 108 valence electrons. The highest BCUT2D eigenvalue weighted by molar-refractivity contribution is 5.46. The Morgan fingerprint density at radius 2 is 1.48 bits per heavy atom. The van der Waals surface area contributed by atoms with Gasteiger partial charge in [-0.1, -0.05) is 12.1 Å². The fourth-order valence-corrected chi connectivity index (χ4v) is 2.79. The van der Waals surface area contributed by atoms with Gasteiger partial charge in [0.1, 0.15) is 5.75 Å². The molecule has 0 radical (unpaired) electrons. The molecule has 0 atom stereocenters. The zero-order valence-electron chi connectivity index (χ0n) is 12.4. The van der Waals surface area contributed by atoms with Crippen molar-refractivity contribution in [2.45, 2.75) is 19.3 Å². The Kier molecular flexibility index (Phi) is 3.57. The van der Waals surface area contributed by atoms with E-state index in [9.17, 15) is 0 Å². The molecule has 21 heavy (non-hydrogen) atoms.